The summed E-state index contributed by atoms with van der Waals surface area (Å²) in [6.07, 6.45) is -3.99. The van der Waals surface area contributed by atoms with E-state index in [-0.39, 0.29) is 5.56 Å². The van der Waals surface area contributed by atoms with Crippen molar-refractivity contribution in [2.75, 3.05) is 0 Å². The third-order valence-electron chi connectivity index (χ3n) is 1.35. The van der Waals surface area contributed by atoms with Crippen molar-refractivity contribution in [3.05, 3.63) is 35.4 Å². The monoisotopic (exact) mass is 180 g/mol. The molecule has 0 atom stereocenters. The Hall–Kier alpha value is -1.32. The van der Waals surface area contributed by atoms with Crippen molar-refractivity contribution in [3.8, 4) is 0 Å². The van der Waals surface area contributed by atoms with Gasteiger partial charge in [0, 0.05) is 5.56 Å². The van der Waals surface area contributed by atoms with Crippen LogP contribution in [0.15, 0.2) is 24.3 Å². The summed E-state index contributed by atoms with van der Waals surface area (Å²) in [6.45, 7) is 0. The van der Waals surface area contributed by atoms with Gasteiger partial charge in [-0.05, 0) is 12.1 Å². The normalized spacial score (nSPS) is 11.2. The van der Waals surface area contributed by atoms with E-state index in [4.69, 9.17) is 0 Å². The van der Waals surface area contributed by atoms with Gasteiger partial charge in [0.25, 0.3) is 0 Å². The maximum absolute atomic E-state index is 12.0. The third kappa shape index (κ3) is 1.84. The molecule has 0 aliphatic carbocycles. The van der Waals surface area contributed by atoms with Crippen LogP contribution >= 0.6 is 0 Å². The minimum Gasteiger partial charge on any atom is -0.298 e. The summed E-state index contributed by atoms with van der Waals surface area (Å²) in [4.78, 5) is 10.1. The van der Waals surface area contributed by atoms with Crippen molar-refractivity contribution in [2.45, 2.75) is 6.18 Å². The molecule has 0 saturated heterocycles. The van der Waals surface area contributed by atoms with E-state index in [0.717, 1.165) is 12.1 Å². The molecule has 0 bridgehead atoms. The summed E-state index contributed by atoms with van der Waals surface area (Å²) < 4.78 is 36.0. The highest BCUT2D eigenvalue weighted by molar-refractivity contribution is 5.74. The molecular formula is C8H5F3O. The van der Waals surface area contributed by atoms with Crippen LogP contribution in [0, 0.1) is 0 Å². The Kier molecular flexibility index (Phi) is 2.17. The van der Waals surface area contributed by atoms with Crippen LogP contribution in [0.2, 0.25) is 0 Å². The molecule has 1 nitrogen and oxygen atoms in total. The smallest absolute Gasteiger partial charge is 0.298 e. The molecule has 0 fully saturated rings. The molecule has 0 spiro atoms. The van der Waals surface area contributed by atoms with Crippen LogP contribution in [-0.4, -0.2) is 6.29 Å². The van der Waals surface area contributed by atoms with Gasteiger partial charge in [-0.25, -0.2) is 0 Å². The van der Waals surface area contributed by atoms with E-state index in [1.54, 1.807) is 0 Å². The molecule has 64 valence electrons. The highest BCUT2D eigenvalue weighted by Crippen LogP contribution is 2.29. The standard InChI is InChI=1S/C8H5F3O/c9-8(10,11)7-3-1-2-6(4-7)5-12/h1-5H/i1+1,2+1,3+1,4+1,6+1,7+1. The Balaban J connectivity index is 3.10. The van der Waals surface area contributed by atoms with Gasteiger partial charge in [0.1, 0.15) is 6.29 Å². The molecule has 4 heteroatoms. The summed E-state index contributed by atoms with van der Waals surface area (Å²) in [7, 11) is 0. The highest BCUT2D eigenvalue weighted by Gasteiger charge is 2.30. The van der Waals surface area contributed by atoms with Gasteiger partial charge in [0.05, 0.1) is 5.56 Å². The van der Waals surface area contributed by atoms with E-state index >= 15 is 0 Å². The zero-order valence-electron chi connectivity index (χ0n) is 5.93. The molecule has 0 unspecified atom stereocenters. The third-order valence-corrected chi connectivity index (χ3v) is 1.35. The van der Waals surface area contributed by atoms with Crippen LogP contribution in [-0.2, 0) is 6.18 Å². The second-order valence-corrected chi connectivity index (χ2v) is 2.24. The minimum absolute atomic E-state index is 0.0322. The molecule has 0 amide bonds. The molecule has 0 aliphatic heterocycles. The van der Waals surface area contributed by atoms with Gasteiger partial charge in [-0.1, -0.05) is 12.1 Å². The summed E-state index contributed by atoms with van der Waals surface area (Å²) in [6, 6.07) is 4.26. The minimum atomic E-state index is -4.38. The predicted octanol–water partition coefficient (Wildman–Crippen LogP) is 2.52. The van der Waals surface area contributed by atoms with E-state index in [0.29, 0.717) is 6.29 Å². The number of rotatable bonds is 1. The molecule has 1 rings (SSSR count). The summed E-state index contributed by atoms with van der Waals surface area (Å²) in [5.74, 6) is 0. The fraction of sp³-hybridized carbons (Fsp3) is 0.125. The van der Waals surface area contributed by atoms with Crippen LogP contribution in [0.5, 0.6) is 0 Å². The van der Waals surface area contributed by atoms with Gasteiger partial charge in [-0.15, -0.1) is 0 Å². The molecule has 12 heavy (non-hydrogen) atoms. The van der Waals surface area contributed by atoms with Crippen LogP contribution in [0.4, 0.5) is 13.2 Å². The van der Waals surface area contributed by atoms with Gasteiger partial charge in [-0.3, -0.25) is 4.79 Å². The van der Waals surface area contributed by atoms with Gasteiger partial charge in [-0.2, -0.15) is 13.2 Å². The van der Waals surface area contributed by atoms with Gasteiger partial charge in [0.2, 0.25) is 0 Å². The number of halogens is 3. The van der Waals surface area contributed by atoms with Crippen molar-refractivity contribution in [3.63, 3.8) is 0 Å². The van der Waals surface area contributed by atoms with E-state index in [9.17, 15) is 18.0 Å². The van der Waals surface area contributed by atoms with Crippen molar-refractivity contribution in [2.24, 2.45) is 0 Å². The quantitative estimate of drug-likeness (QED) is 0.607. The van der Waals surface area contributed by atoms with E-state index in [1.807, 2.05) is 0 Å². The highest BCUT2D eigenvalue weighted by atomic mass is 19.4. The molecule has 0 N–H and O–H groups in total. The summed E-state index contributed by atoms with van der Waals surface area (Å²) in [5, 5.41) is 0. The predicted molar refractivity (Wildman–Crippen MR) is 36.8 cm³/mol. The zero-order chi connectivity index (χ0) is 9.19. The zero-order valence-corrected chi connectivity index (χ0v) is 5.93. The second kappa shape index (κ2) is 2.97. The number of hydrogen-bond acceptors (Lipinski definition) is 1. The molecule has 0 radical (unpaired) electrons. The number of benzene rings is 1. The molecule has 0 aromatic heterocycles. The Morgan fingerprint density at radius 1 is 1.25 bits per heavy atom. The molecular weight excluding hydrogens is 175 g/mol. The average molecular weight is 180 g/mol. The number of aldehydes is 1. The van der Waals surface area contributed by atoms with Crippen molar-refractivity contribution < 1.29 is 18.0 Å². The van der Waals surface area contributed by atoms with Crippen LogP contribution in [0.25, 0.3) is 0 Å². The van der Waals surface area contributed by atoms with Crippen molar-refractivity contribution in [1.29, 1.82) is 0 Å². The van der Waals surface area contributed by atoms with Crippen LogP contribution < -0.4 is 0 Å². The van der Waals surface area contributed by atoms with Gasteiger partial charge < -0.3 is 0 Å². The lowest BCUT2D eigenvalue weighted by Crippen LogP contribution is -2.04. The number of alkyl halides is 3. The topological polar surface area (TPSA) is 17.1 Å². The number of carbonyl (C=O) groups is 1. The maximum atomic E-state index is 12.0. The van der Waals surface area contributed by atoms with Gasteiger partial charge >= 0.3 is 6.18 Å². The first-order chi connectivity index (χ1) is 5.54. The Bertz CT molecular complexity index is 291. The van der Waals surface area contributed by atoms with Crippen molar-refractivity contribution in [1.82, 2.24) is 0 Å². The first kappa shape index (κ1) is 8.77. The first-order valence-corrected chi connectivity index (χ1v) is 3.16. The first-order valence-electron chi connectivity index (χ1n) is 3.16. The Morgan fingerprint density at radius 2 is 1.92 bits per heavy atom. The summed E-state index contributed by atoms with van der Waals surface area (Å²) >= 11 is 0. The molecule has 0 saturated carbocycles. The van der Waals surface area contributed by atoms with Crippen LogP contribution in [0.3, 0.4) is 0 Å². The number of carbonyl (C=O) groups excluding carboxylic acids is 1. The lowest BCUT2D eigenvalue weighted by atomic mass is 10.8. The Morgan fingerprint density at radius 3 is 2.42 bits per heavy atom. The molecule has 1 aromatic carbocycles. The Labute approximate surface area is 66.8 Å². The fourth-order valence-electron chi connectivity index (χ4n) is 0.788. The second-order valence-electron chi connectivity index (χ2n) is 2.24. The molecule has 0 heterocycles. The van der Waals surface area contributed by atoms with E-state index in [2.05, 4.69) is 0 Å². The summed E-state index contributed by atoms with van der Waals surface area (Å²) in [5.41, 5.74) is -0.767. The lowest BCUT2D eigenvalue weighted by molar-refractivity contribution is -0.137. The number of hydrogen-bond donors (Lipinski definition) is 0. The van der Waals surface area contributed by atoms with Crippen molar-refractivity contribution >= 4 is 6.29 Å². The maximum Gasteiger partial charge on any atom is 0.416 e. The average Bonchev–Trinajstić information content (AvgIpc) is 2.03. The van der Waals surface area contributed by atoms with Crippen LogP contribution in [0.1, 0.15) is 15.9 Å². The van der Waals surface area contributed by atoms with E-state index in [1.165, 1.54) is 12.1 Å². The molecule has 1 aromatic rings. The van der Waals surface area contributed by atoms with Gasteiger partial charge in [0.15, 0.2) is 0 Å². The van der Waals surface area contributed by atoms with E-state index < -0.39 is 11.7 Å². The lowest BCUT2D eigenvalue weighted by Gasteiger charge is -2.05. The largest absolute Gasteiger partial charge is 0.416 e. The fourth-order valence-corrected chi connectivity index (χ4v) is 0.788. The molecule has 0 aliphatic rings. The SMILES string of the molecule is O=C[13c]1[13cH][13cH][13cH][13c](C(F)(F)F)[13cH]1.